The lowest BCUT2D eigenvalue weighted by Gasteiger charge is -2.23. The van der Waals surface area contributed by atoms with Gasteiger partial charge in [-0.1, -0.05) is 11.2 Å². The number of hydrogen-bond donors (Lipinski definition) is 2. The van der Waals surface area contributed by atoms with E-state index < -0.39 is 17.7 Å². The Morgan fingerprint density at radius 3 is 2.38 bits per heavy atom. The maximum Gasteiger partial charge on any atom is 0.301 e. The summed E-state index contributed by atoms with van der Waals surface area (Å²) in [7, 11) is 0. The van der Waals surface area contributed by atoms with E-state index in [9.17, 15) is 19.8 Å². The molecule has 0 aliphatic carbocycles. The number of rotatable bonds is 7. The summed E-state index contributed by atoms with van der Waals surface area (Å²) in [5.74, 6) is -0.812. The first kappa shape index (κ1) is 22.9. The molecule has 1 saturated heterocycles. The third kappa shape index (κ3) is 4.07. The van der Waals surface area contributed by atoms with E-state index in [4.69, 9.17) is 14.0 Å². The number of aryl methyl sites for hydroxylation is 1. The third-order valence-corrected chi connectivity index (χ3v) is 5.34. The van der Waals surface area contributed by atoms with Crippen molar-refractivity contribution in [1.29, 1.82) is 0 Å². The maximum atomic E-state index is 13.2. The van der Waals surface area contributed by atoms with Gasteiger partial charge in [0.25, 0.3) is 5.78 Å². The topological polar surface area (TPSA) is 122 Å². The van der Waals surface area contributed by atoms with Gasteiger partial charge in [-0.2, -0.15) is 0 Å². The molecule has 9 heteroatoms. The molecular weight excluding hydrogens is 440 g/mol. The molecule has 4 rings (SSSR count). The van der Waals surface area contributed by atoms with Gasteiger partial charge in [0.2, 0.25) is 0 Å². The Labute approximate surface area is 195 Å². The highest BCUT2D eigenvalue weighted by molar-refractivity contribution is 6.51. The fraction of sp³-hybridized carbons (Fsp3) is 0.240. The highest BCUT2D eigenvalue weighted by Gasteiger charge is 2.48. The number of anilines is 1. The molecule has 0 saturated carbocycles. The van der Waals surface area contributed by atoms with E-state index in [1.807, 2.05) is 6.92 Å². The van der Waals surface area contributed by atoms with Crippen molar-refractivity contribution in [1.82, 2.24) is 5.16 Å². The summed E-state index contributed by atoms with van der Waals surface area (Å²) in [5, 5.41) is 25.2. The van der Waals surface area contributed by atoms with E-state index >= 15 is 0 Å². The Kier molecular flexibility index (Phi) is 6.27. The van der Waals surface area contributed by atoms with Gasteiger partial charge in [0, 0.05) is 11.6 Å². The summed E-state index contributed by atoms with van der Waals surface area (Å²) in [6.45, 7) is 6.07. The predicted octanol–water partition coefficient (Wildman–Crippen LogP) is 4.11. The zero-order chi connectivity index (χ0) is 24.4. The molecule has 1 aliphatic rings. The zero-order valence-corrected chi connectivity index (χ0v) is 18.9. The fourth-order valence-corrected chi connectivity index (χ4v) is 3.85. The van der Waals surface area contributed by atoms with E-state index in [-0.39, 0.29) is 28.6 Å². The molecule has 1 aliphatic heterocycles. The second-order valence-corrected chi connectivity index (χ2v) is 7.58. The maximum absolute atomic E-state index is 13.2. The number of benzene rings is 2. The van der Waals surface area contributed by atoms with Crippen molar-refractivity contribution < 1.29 is 33.8 Å². The molecule has 3 aromatic rings. The highest BCUT2D eigenvalue weighted by atomic mass is 16.5. The van der Waals surface area contributed by atoms with Crippen molar-refractivity contribution in [2.75, 3.05) is 18.1 Å². The van der Waals surface area contributed by atoms with Crippen LogP contribution in [0.15, 0.2) is 58.6 Å². The lowest BCUT2D eigenvalue weighted by Crippen LogP contribution is -2.29. The monoisotopic (exact) mass is 464 g/mol. The lowest BCUT2D eigenvalue weighted by molar-refractivity contribution is -0.132. The molecule has 1 aromatic heterocycles. The van der Waals surface area contributed by atoms with Gasteiger partial charge in [0.15, 0.2) is 17.3 Å². The summed E-state index contributed by atoms with van der Waals surface area (Å²) in [4.78, 5) is 27.4. The quantitative estimate of drug-likeness (QED) is 0.304. The van der Waals surface area contributed by atoms with Crippen LogP contribution in [0.25, 0.3) is 5.76 Å². The van der Waals surface area contributed by atoms with Gasteiger partial charge in [0.1, 0.15) is 17.3 Å². The van der Waals surface area contributed by atoms with E-state index in [1.165, 1.54) is 23.1 Å². The van der Waals surface area contributed by atoms with Crippen LogP contribution in [0, 0.1) is 6.92 Å². The number of nitrogens with zero attached hydrogens (tertiary/aromatic N) is 2. The van der Waals surface area contributed by atoms with Crippen LogP contribution in [-0.2, 0) is 9.59 Å². The van der Waals surface area contributed by atoms with Crippen LogP contribution in [0.2, 0.25) is 0 Å². The Hall–Kier alpha value is -4.27. The fourth-order valence-electron chi connectivity index (χ4n) is 3.85. The van der Waals surface area contributed by atoms with Crippen LogP contribution in [0.3, 0.4) is 0 Å². The second-order valence-electron chi connectivity index (χ2n) is 7.58. The number of carbonyl (C=O) groups excluding carboxylic acids is 2. The number of ether oxygens (including phenoxy) is 2. The van der Waals surface area contributed by atoms with Crippen molar-refractivity contribution in [3.8, 4) is 17.2 Å². The van der Waals surface area contributed by atoms with E-state index in [0.29, 0.717) is 35.9 Å². The summed E-state index contributed by atoms with van der Waals surface area (Å²) < 4.78 is 16.1. The average Bonchev–Trinajstić information content (AvgIpc) is 3.36. The minimum Gasteiger partial charge on any atom is -0.507 e. The van der Waals surface area contributed by atoms with Crippen LogP contribution in [-0.4, -0.2) is 40.3 Å². The highest BCUT2D eigenvalue weighted by Crippen LogP contribution is 2.43. The molecule has 1 amide bonds. The smallest absolute Gasteiger partial charge is 0.301 e. The van der Waals surface area contributed by atoms with E-state index in [1.54, 1.807) is 44.2 Å². The number of aromatic hydroxyl groups is 1. The number of ketones is 1. The van der Waals surface area contributed by atoms with Crippen molar-refractivity contribution in [2.45, 2.75) is 26.8 Å². The van der Waals surface area contributed by atoms with Gasteiger partial charge < -0.3 is 24.2 Å². The first-order valence-corrected chi connectivity index (χ1v) is 10.8. The van der Waals surface area contributed by atoms with Gasteiger partial charge >= 0.3 is 5.91 Å². The number of amides is 1. The molecular formula is C25H24N2O7. The molecule has 2 N–H and O–H groups in total. The summed E-state index contributed by atoms with van der Waals surface area (Å²) >= 11 is 0. The van der Waals surface area contributed by atoms with Gasteiger partial charge in [-0.25, -0.2) is 0 Å². The van der Waals surface area contributed by atoms with Gasteiger partial charge in [-0.3, -0.25) is 14.5 Å². The average molecular weight is 464 g/mol. The van der Waals surface area contributed by atoms with E-state index in [2.05, 4.69) is 5.16 Å². The molecule has 1 atom stereocenters. The molecule has 2 aromatic carbocycles. The van der Waals surface area contributed by atoms with Crippen LogP contribution >= 0.6 is 0 Å². The standard InChI is InChI=1S/C25H24N2O7/c1-4-32-17-9-6-15(7-10-17)23(29)21-22(16-8-11-18(28)19(13-16)33-5-2)27(25(31)24(21)30)20-12-14(3)34-26-20/h6-13,22,28-29H,4-5H2,1-3H3/t22-/m0/s1. The minimum absolute atomic E-state index is 0.0913. The Morgan fingerprint density at radius 1 is 1.06 bits per heavy atom. The van der Waals surface area contributed by atoms with Gasteiger partial charge in [-0.15, -0.1) is 0 Å². The summed E-state index contributed by atoms with van der Waals surface area (Å²) in [6.07, 6.45) is 0. The third-order valence-electron chi connectivity index (χ3n) is 5.34. The van der Waals surface area contributed by atoms with Crippen LogP contribution < -0.4 is 14.4 Å². The normalized spacial score (nSPS) is 17.3. The molecule has 0 radical (unpaired) electrons. The molecule has 34 heavy (non-hydrogen) atoms. The van der Waals surface area contributed by atoms with Crippen molar-refractivity contribution in [3.05, 3.63) is 71.0 Å². The van der Waals surface area contributed by atoms with Crippen molar-refractivity contribution in [2.24, 2.45) is 0 Å². The Morgan fingerprint density at radius 2 is 1.76 bits per heavy atom. The molecule has 176 valence electrons. The second kappa shape index (κ2) is 9.30. The number of hydrogen-bond acceptors (Lipinski definition) is 8. The first-order chi connectivity index (χ1) is 16.3. The van der Waals surface area contributed by atoms with Crippen LogP contribution in [0.1, 0.15) is 36.8 Å². The number of aromatic nitrogens is 1. The zero-order valence-electron chi connectivity index (χ0n) is 18.9. The molecule has 2 heterocycles. The van der Waals surface area contributed by atoms with E-state index in [0.717, 1.165) is 0 Å². The first-order valence-electron chi connectivity index (χ1n) is 10.8. The number of aliphatic hydroxyl groups is 1. The molecule has 9 nitrogen and oxygen atoms in total. The molecule has 0 unspecified atom stereocenters. The lowest BCUT2D eigenvalue weighted by atomic mass is 9.95. The largest absolute Gasteiger partial charge is 0.507 e. The predicted molar refractivity (Wildman–Crippen MR) is 123 cm³/mol. The Bertz CT molecular complexity index is 1260. The molecule has 0 spiro atoms. The van der Waals surface area contributed by atoms with Gasteiger partial charge in [0.05, 0.1) is 24.8 Å². The number of phenols is 1. The van der Waals surface area contributed by atoms with Crippen LogP contribution in [0.4, 0.5) is 5.82 Å². The SMILES string of the molecule is CCOc1ccc(C(O)=C2C(=O)C(=O)N(c3cc(C)on3)[C@H]2c2ccc(O)c(OCC)c2)cc1. The van der Waals surface area contributed by atoms with Crippen molar-refractivity contribution >= 4 is 23.3 Å². The van der Waals surface area contributed by atoms with Gasteiger partial charge in [-0.05, 0) is 62.7 Å². The summed E-state index contributed by atoms with van der Waals surface area (Å²) in [6, 6.07) is 11.5. The number of carbonyl (C=O) groups is 2. The molecule has 1 fully saturated rings. The molecule has 0 bridgehead atoms. The Balaban J connectivity index is 1.90. The number of aliphatic hydroxyl groups excluding tert-OH is 1. The minimum atomic E-state index is -1.03. The van der Waals surface area contributed by atoms with Crippen LogP contribution in [0.5, 0.6) is 17.2 Å². The summed E-state index contributed by atoms with van der Waals surface area (Å²) in [5.41, 5.74) is 0.656. The number of phenolic OH excluding ortho intramolecular Hbond substituents is 1. The van der Waals surface area contributed by atoms with Crippen molar-refractivity contribution in [3.63, 3.8) is 0 Å². The number of Topliss-reactive ketones (excluding diaryl/α,β-unsaturated/α-hetero) is 1.